The number of rotatable bonds is 42. The van der Waals surface area contributed by atoms with E-state index in [1.165, 1.54) is 109 Å². The van der Waals surface area contributed by atoms with E-state index in [-0.39, 0.29) is 12.8 Å². The molecule has 1 aliphatic rings. The van der Waals surface area contributed by atoms with E-state index in [2.05, 4.69) is 26.1 Å². The summed E-state index contributed by atoms with van der Waals surface area (Å²) < 4.78 is 34.7. The molecule has 5 N–H and O–H groups in total. The van der Waals surface area contributed by atoms with Crippen molar-refractivity contribution in [2.45, 2.75) is 282 Å². The quantitative estimate of drug-likeness (QED) is 0.0221. The number of aliphatic hydroxyl groups is 2. The van der Waals surface area contributed by atoms with Crippen molar-refractivity contribution in [3.05, 3.63) is 0 Å². The van der Waals surface area contributed by atoms with Gasteiger partial charge in [0.25, 0.3) is 0 Å². The zero-order valence-corrected chi connectivity index (χ0v) is 40.3. The third-order valence-corrected chi connectivity index (χ3v) is 12.5. The Morgan fingerprint density at radius 2 is 0.968 bits per heavy atom. The molecule has 0 bridgehead atoms. The van der Waals surface area contributed by atoms with Gasteiger partial charge in [-0.1, -0.05) is 207 Å². The van der Waals surface area contributed by atoms with E-state index in [1.54, 1.807) is 0 Å². The van der Waals surface area contributed by atoms with Gasteiger partial charge >= 0.3 is 19.8 Å². The standard InChI is InChI=1S/C48H92NO12P/c1-4-7-10-13-16-19-21-24-26-29-32-35-40(51)38-44(54)59-47-45(49-42(52)36-33-30-27-23-18-15-12-9-6-3)48(58-41(39-50)46(47)61-62(55,56)57)60-43(53)37-34-31-28-25-22-20-17-14-11-8-5-2/h40-41,45-48,50-51H,4-39H2,1-3H3,(H,49,52)(H2,55,56,57)/t40-,41-,45-,46-,47-,48-/m1/s1. The summed E-state index contributed by atoms with van der Waals surface area (Å²) in [6.45, 7) is 5.78. The number of unbranched alkanes of at least 4 members (excludes halogenated alkanes) is 28. The van der Waals surface area contributed by atoms with Crippen molar-refractivity contribution in [3.63, 3.8) is 0 Å². The maximum absolute atomic E-state index is 13.4. The van der Waals surface area contributed by atoms with Crippen LogP contribution >= 0.6 is 7.82 Å². The Morgan fingerprint density at radius 3 is 1.39 bits per heavy atom. The van der Waals surface area contributed by atoms with Gasteiger partial charge < -0.3 is 39.5 Å². The minimum Gasteiger partial charge on any atom is -0.457 e. The van der Waals surface area contributed by atoms with Crippen LogP contribution in [0.1, 0.15) is 245 Å². The topological polar surface area (TPSA) is 198 Å². The monoisotopic (exact) mass is 906 g/mol. The van der Waals surface area contributed by atoms with Crippen molar-refractivity contribution in [1.29, 1.82) is 0 Å². The summed E-state index contributed by atoms with van der Waals surface area (Å²) in [4.78, 5) is 59.8. The van der Waals surface area contributed by atoms with Gasteiger partial charge in [-0.15, -0.1) is 0 Å². The molecule has 1 saturated heterocycles. The third-order valence-electron chi connectivity index (χ3n) is 12.0. The Bertz CT molecular complexity index is 1160. The summed E-state index contributed by atoms with van der Waals surface area (Å²) in [5.74, 6) is -1.97. The summed E-state index contributed by atoms with van der Waals surface area (Å²) in [5, 5.41) is 23.8. The Labute approximate surface area is 376 Å². The summed E-state index contributed by atoms with van der Waals surface area (Å²) >= 11 is 0. The van der Waals surface area contributed by atoms with Gasteiger partial charge in [0.05, 0.1) is 19.1 Å². The number of carbonyl (C=O) groups is 3. The van der Waals surface area contributed by atoms with Crippen LogP contribution in [0.15, 0.2) is 0 Å². The number of carbonyl (C=O) groups excluding carboxylic acids is 3. The molecule has 0 aromatic carbocycles. The third kappa shape index (κ3) is 31.3. The van der Waals surface area contributed by atoms with Crippen molar-refractivity contribution < 1.29 is 57.7 Å². The molecule has 1 rings (SSSR count). The molecule has 0 aliphatic carbocycles. The second kappa shape index (κ2) is 38.6. The number of phosphoric ester groups is 1. The highest BCUT2D eigenvalue weighted by atomic mass is 31.2. The zero-order valence-electron chi connectivity index (χ0n) is 39.4. The lowest BCUT2D eigenvalue weighted by molar-refractivity contribution is -0.264. The molecule has 1 amide bonds. The lowest BCUT2D eigenvalue weighted by atomic mass is 9.96. The highest BCUT2D eigenvalue weighted by molar-refractivity contribution is 7.46. The van der Waals surface area contributed by atoms with Crippen LogP contribution in [0.2, 0.25) is 0 Å². The first kappa shape index (κ1) is 58.4. The SMILES string of the molecule is CCCCCCCCCCCCCC(=O)O[C@H]1O[C@H](CO)[C@@H](OP(=O)(O)O)[C@H](OC(=O)C[C@H](O)CCCCCCCCCCCCC)[C@H]1NC(=O)CCCCCCCCCCC. The van der Waals surface area contributed by atoms with Crippen LogP contribution in [-0.2, 0) is 37.7 Å². The average molecular weight is 906 g/mol. The Hall–Kier alpha value is -1.60. The van der Waals surface area contributed by atoms with Crippen LogP contribution < -0.4 is 5.32 Å². The molecule has 0 radical (unpaired) electrons. The zero-order chi connectivity index (χ0) is 45.7. The Kier molecular flexibility index (Phi) is 36.4. The van der Waals surface area contributed by atoms with E-state index in [4.69, 9.17) is 18.7 Å². The average Bonchev–Trinajstić information content (AvgIpc) is 3.22. The summed E-state index contributed by atoms with van der Waals surface area (Å²) in [7, 11) is -5.26. The molecular formula is C48H92NO12P. The molecule has 14 heteroatoms. The van der Waals surface area contributed by atoms with Crippen molar-refractivity contribution in [2.24, 2.45) is 0 Å². The van der Waals surface area contributed by atoms with Crippen LogP contribution in [-0.4, -0.2) is 81.2 Å². The molecule has 0 saturated carbocycles. The van der Waals surface area contributed by atoms with Gasteiger partial charge in [-0.2, -0.15) is 0 Å². The van der Waals surface area contributed by atoms with Crippen molar-refractivity contribution in [2.75, 3.05) is 6.61 Å². The lowest BCUT2D eigenvalue weighted by Gasteiger charge is -2.44. The number of nitrogens with one attached hydrogen (secondary N) is 1. The molecule has 62 heavy (non-hydrogen) atoms. The van der Waals surface area contributed by atoms with Gasteiger partial charge in [0.1, 0.15) is 18.2 Å². The van der Waals surface area contributed by atoms with E-state index < -0.39 is 75.4 Å². The van der Waals surface area contributed by atoms with E-state index >= 15 is 0 Å². The second-order valence-electron chi connectivity index (χ2n) is 17.9. The first-order chi connectivity index (χ1) is 29.9. The van der Waals surface area contributed by atoms with Crippen LogP contribution in [0.3, 0.4) is 0 Å². The first-order valence-electron chi connectivity index (χ1n) is 25.3. The normalized spacial score (nSPS) is 19.6. The van der Waals surface area contributed by atoms with Gasteiger partial charge in [0.15, 0.2) is 6.10 Å². The Balaban J connectivity index is 2.95. The minimum absolute atomic E-state index is 0.0673. The second-order valence-corrected chi connectivity index (χ2v) is 19.1. The van der Waals surface area contributed by atoms with Crippen LogP contribution in [0.25, 0.3) is 0 Å². The van der Waals surface area contributed by atoms with Crippen molar-refractivity contribution >= 4 is 25.7 Å². The molecule has 1 aliphatic heterocycles. The maximum Gasteiger partial charge on any atom is 0.470 e. The predicted octanol–water partition coefficient (Wildman–Crippen LogP) is 11.2. The molecule has 6 atom stereocenters. The van der Waals surface area contributed by atoms with Gasteiger partial charge in [-0.25, -0.2) is 4.57 Å². The van der Waals surface area contributed by atoms with Gasteiger partial charge in [0, 0.05) is 12.8 Å². The highest BCUT2D eigenvalue weighted by Crippen LogP contribution is 2.42. The Morgan fingerprint density at radius 1 is 0.565 bits per heavy atom. The molecule has 1 fully saturated rings. The summed E-state index contributed by atoms with van der Waals surface area (Å²) in [6.07, 6.45) is 26.8. The number of hydrogen-bond donors (Lipinski definition) is 5. The number of amides is 1. The fourth-order valence-electron chi connectivity index (χ4n) is 8.24. The molecule has 366 valence electrons. The highest BCUT2D eigenvalue weighted by Gasteiger charge is 2.53. The van der Waals surface area contributed by atoms with Crippen LogP contribution in [0.5, 0.6) is 0 Å². The van der Waals surface area contributed by atoms with E-state index in [0.717, 1.165) is 70.6 Å². The molecule has 1 heterocycles. The predicted molar refractivity (Wildman–Crippen MR) is 245 cm³/mol. The molecule has 0 spiro atoms. The molecule has 13 nitrogen and oxygen atoms in total. The smallest absolute Gasteiger partial charge is 0.457 e. The molecule has 0 unspecified atom stereocenters. The van der Waals surface area contributed by atoms with E-state index in [0.29, 0.717) is 25.7 Å². The van der Waals surface area contributed by atoms with Crippen molar-refractivity contribution in [1.82, 2.24) is 5.32 Å². The number of hydrogen-bond acceptors (Lipinski definition) is 10. The fraction of sp³-hybridized carbons (Fsp3) is 0.938. The van der Waals surface area contributed by atoms with E-state index in [1.807, 2.05) is 0 Å². The number of esters is 2. The minimum atomic E-state index is -5.26. The number of ether oxygens (including phenoxy) is 3. The lowest BCUT2D eigenvalue weighted by Crippen LogP contribution is -2.66. The van der Waals surface area contributed by atoms with Crippen LogP contribution in [0, 0.1) is 0 Å². The fourth-order valence-corrected chi connectivity index (χ4v) is 8.82. The largest absolute Gasteiger partial charge is 0.470 e. The summed E-state index contributed by atoms with van der Waals surface area (Å²) in [6, 6.07) is -1.42. The number of phosphoric acid groups is 1. The molecular weight excluding hydrogens is 813 g/mol. The van der Waals surface area contributed by atoms with Crippen LogP contribution in [0.4, 0.5) is 0 Å². The van der Waals surface area contributed by atoms with E-state index in [9.17, 15) is 38.9 Å². The molecule has 0 aromatic heterocycles. The van der Waals surface area contributed by atoms with Crippen molar-refractivity contribution in [3.8, 4) is 0 Å². The first-order valence-corrected chi connectivity index (χ1v) is 26.8. The number of aliphatic hydroxyl groups excluding tert-OH is 2. The summed E-state index contributed by atoms with van der Waals surface area (Å²) in [5.41, 5.74) is 0. The van der Waals surface area contributed by atoms with Gasteiger partial charge in [-0.05, 0) is 19.3 Å². The van der Waals surface area contributed by atoms with Gasteiger partial charge in [-0.3, -0.25) is 18.9 Å². The molecule has 0 aromatic rings. The maximum atomic E-state index is 13.4. The van der Waals surface area contributed by atoms with Gasteiger partial charge in [0.2, 0.25) is 12.2 Å².